The lowest BCUT2D eigenvalue weighted by molar-refractivity contribution is 0.0782. The molecule has 4 aromatic rings. The van der Waals surface area contributed by atoms with E-state index in [1.165, 1.54) is 23.1 Å². The second-order valence-corrected chi connectivity index (χ2v) is 7.59. The van der Waals surface area contributed by atoms with Gasteiger partial charge in [0.1, 0.15) is 5.82 Å². The lowest BCUT2D eigenvalue weighted by Gasteiger charge is -2.15. The molecular weight excluding hydrogens is 439 g/mol. The first-order valence-electron chi connectivity index (χ1n) is 9.37. The van der Waals surface area contributed by atoms with E-state index in [0.29, 0.717) is 22.5 Å². The van der Waals surface area contributed by atoms with E-state index in [9.17, 15) is 18.8 Å². The van der Waals surface area contributed by atoms with E-state index in [2.05, 4.69) is 25.0 Å². The Kier molecular flexibility index (Phi) is 5.94. The lowest BCUT2D eigenvalue weighted by atomic mass is 10.2. The van der Waals surface area contributed by atoms with Gasteiger partial charge in [0.25, 0.3) is 5.91 Å². The second-order valence-electron chi connectivity index (χ2n) is 6.84. The van der Waals surface area contributed by atoms with E-state index in [-0.39, 0.29) is 35.5 Å². The molecule has 0 unspecified atom stereocenters. The van der Waals surface area contributed by atoms with E-state index in [1.54, 1.807) is 31.3 Å². The molecule has 0 atom stereocenters. The Bertz CT molecular complexity index is 1350. The molecule has 0 radical (unpaired) electrons. The van der Waals surface area contributed by atoms with Gasteiger partial charge < -0.3 is 14.6 Å². The summed E-state index contributed by atoms with van der Waals surface area (Å²) in [7, 11) is 1.58. The van der Waals surface area contributed by atoms with Crippen LogP contribution in [-0.2, 0) is 13.1 Å². The van der Waals surface area contributed by atoms with Gasteiger partial charge in [-0.15, -0.1) is 0 Å². The van der Waals surface area contributed by atoms with Gasteiger partial charge in [0.05, 0.1) is 12.1 Å². The van der Waals surface area contributed by atoms with E-state index in [4.69, 9.17) is 4.42 Å². The molecule has 2 aromatic heterocycles. The largest absolute Gasteiger partial charge is 0.417 e. The average Bonchev–Trinajstić information content (AvgIpc) is 3.36. The molecule has 32 heavy (non-hydrogen) atoms. The van der Waals surface area contributed by atoms with Crippen LogP contribution in [0.5, 0.6) is 0 Å². The van der Waals surface area contributed by atoms with Crippen molar-refractivity contribution in [1.82, 2.24) is 24.6 Å². The number of carbonyl (C=O) groups excluding carboxylic acids is 2. The molecule has 164 valence electrons. The van der Waals surface area contributed by atoms with Crippen LogP contribution in [-0.4, -0.2) is 38.2 Å². The summed E-state index contributed by atoms with van der Waals surface area (Å²) in [6.45, 7) is 0.259. The summed E-state index contributed by atoms with van der Waals surface area (Å²) < 4.78 is 22.3. The van der Waals surface area contributed by atoms with Gasteiger partial charge in [-0.1, -0.05) is 12.1 Å². The summed E-state index contributed by atoms with van der Waals surface area (Å²) in [4.78, 5) is 44.1. The maximum absolute atomic E-state index is 13.2. The molecule has 0 aliphatic rings. The van der Waals surface area contributed by atoms with Crippen LogP contribution >= 0.6 is 11.5 Å². The molecule has 4 rings (SSSR count). The Labute approximate surface area is 184 Å². The number of hydrogen-bond acceptors (Lipinski definition) is 7. The van der Waals surface area contributed by atoms with Crippen molar-refractivity contribution in [3.05, 3.63) is 75.8 Å². The quantitative estimate of drug-likeness (QED) is 0.409. The number of nitrogens with zero attached hydrogens (tertiary/aromatic N) is 3. The number of anilines is 1. The van der Waals surface area contributed by atoms with Gasteiger partial charge in [-0.2, -0.15) is 4.37 Å². The highest BCUT2D eigenvalue weighted by Gasteiger charge is 2.16. The highest BCUT2D eigenvalue weighted by molar-refractivity contribution is 7.09. The van der Waals surface area contributed by atoms with Crippen molar-refractivity contribution < 1.29 is 18.4 Å². The van der Waals surface area contributed by atoms with Gasteiger partial charge in [0.2, 0.25) is 5.13 Å². The predicted octanol–water partition coefficient (Wildman–Crippen LogP) is 2.71. The Hall–Kier alpha value is -4.06. The molecule has 0 aliphatic carbocycles. The fourth-order valence-electron chi connectivity index (χ4n) is 2.92. The maximum atomic E-state index is 13.2. The number of carbonyl (C=O) groups is 2. The zero-order valence-corrected chi connectivity index (χ0v) is 17.5. The van der Waals surface area contributed by atoms with Gasteiger partial charge in [0.15, 0.2) is 11.4 Å². The van der Waals surface area contributed by atoms with Crippen molar-refractivity contribution in [2.75, 3.05) is 12.4 Å². The number of oxazole rings is 1. The molecule has 3 amide bonds. The molecule has 0 spiro atoms. The number of urea groups is 1. The van der Waals surface area contributed by atoms with Crippen molar-refractivity contribution in [3.63, 3.8) is 0 Å². The number of nitrogens with one attached hydrogen (secondary N) is 3. The first-order chi connectivity index (χ1) is 15.4. The summed E-state index contributed by atoms with van der Waals surface area (Å²) >= 11 is 0.971. The molecule has 10 nitrogen and oxygen atoms in total. The first-order valence-corrected chi connectivity index (χ1v) is 10.1. The highest BCUT2D eigenvalue weighted by Crippen LogP contribution is 2.16. The van der Waals surface area contributed by atoms with Gasteiger partial charge in [-0.25, -0.2) is 19.0 Å². The Morgan fingerprint density at radius 1 is 1.25 bits per heavy atom. The van der Waals surface area contributed by atoms with Crippen LogP contribution in [0.25, 0.3) is 11.1 Å². The molecule has 2 aromatic carbocycles. The lowest BCUT2D eigenvalue weighted by Crippen LogP contribution is -2.28. The fourth-order valence-corrected chi connectivity index (χ4v) is 3.50. The van der Waals surface area contributed by atoms with Crippen LogP contribution in [0, 0.1) is 5.82 Å². The minimum atomic E-state index is -0.593. The minimum Gasteiger partial charge on any atom is -0.408 e. The molecular formula is C20H17FN6O4S. The Balaban J connectivity index is 1.32. The molecule has 0 bridgehead atoms. The Morgan fingerprint density at radius 2 is 2.09 bits per heavy atom. The van der Waals surface area contributed by atoms with E-state index >= 15 is 0 Å². The average molecular weight is 456 g/mol. The number of fused-ring (bicyclic) bond motifs is 1. The summed E-state index contributed by atoms with van der Waals surface area (Å²) in [6.07, 6.45) is 0. The zero-order chi connectivity index (χ0) is 22.7. The van der Waals surface area contributed by atoms with E-state index < -0.39 is 11.8 Å². The number of halogens is 1. The molecule has 3 N–H and O–H groups in total. The monoisotopic (exact) mass is 456 g/mol. The third-order valence-corrected chi connectivity index (χ3v) is 5.09. The summed E-state index contributed by atoms with van der Waals surface area (Å²) in [6, 6.07) is 10.1. The third-order valence-electron chi connectivity index (χ3n) is 4.42. The van der Waals surface area contributed by atoms with Crippen molar-refractivity contribution in [2.45, 2.75) is 13.1 Å². The first kappa shape index (κ1) is 21.2. The fraction of sp³-hybridized carbons (Fsp3) is 0.150. The van der Waals surface area contributed by atoms with Crippen molar-refractivity contribution in [2.24, 2.45) is 0 Å². The van der Waals surface area contributed by atoms with Gasteiger partial charge in [-0.05, 0) is 35.9 Å². The Morgan fingerprint density at radius 3 is 2.91 bits per heavy atom. The molecule has 0 fully saturated rings. The van der Waals surface area contributed by atoms with Crippen LogP contribution in [0.3, 0.4) is 0 Å². The smallest absolute Gasteiger partial charge is 0.408 e. The van der Waals surface area contributed by atoms with Crippen LogP contribution in [0.2, 0.25) is 0 Å². The van der Waals surface area contributed by atoms with Gasteiger partial charge in [0, 0.05) is 30.7 Å². The summed E-state index contributed by atoms with van der Waals surface area (Å²) in [5.41, 5.74) is 1.75. The normalized spacial score (nSPS) is 10.8. The summed E-state index contributed by atoms with van der Waals surface area (Å²) in [5.74, 6) is -0.937. The molecule has 0 saturated carbocycles. The van der Waals surface area contributed by atoms with Crippen molar-refractivity contribution >= 4 is 39.7 Å². The third kappa shape index (κ3) is 4.98. The molecule has 0 aliphatic heterocycles. The van der Waals surface area contributed by atoms with E-state index in [1.807, 2.05) is 0 Å². The standard InChI is InChI=1S/C20H17FN6O4S/c1-27(17(28)12-5-6-14-15(8-12)31-20(30)23-14)10-16-24-19(32-26-16)25-18(29)22-9-11-3-2-4-13(21)7-11/h2-8H,9-10H2,1H3,(H,23,30)(H2,22,24,25,26,29). The van der Waals surface area contributed by atoms with Crippen molar-refractivity contribution in [3.8, 4) is 0 Å². The number of benzene rings is 2. The van der Waals surface area contributed by atoms with Crippen molar-refractivity contribution in [1.29, 1.82) is 0 Å². The number of H-pyrrole nitrogens is 1. The molecule has 12 heteroatoms. The second kappa shape index (κ2) is 8.98. The predicted molar refractivity (Wildman–Crippen MR) is 115 cm³/mol. The molecule has 0 saturated heterocycles. The number of hydrogen-bond donors (Lipinski definition) is 3. The number of amides is 3. The highest BCUT2D eigenvalue weighted by atomic mass is 32.1. The van der Waals surface area contributed by atoms with Crippen LogP contribution < -0.4 is 16.4 Å². The maximum Gasteiger partial charge on any atom is 0.417 e. The SMILES string of the molecule is CN(Cc1nsc(NC(=O)NCc2cccc(F)c2)n1)C(=O)c1ccc2[nH]c(=O)oc2c1. The number of aromatic nitrogens is 3. The zero-order valence-electron chi connectivity index (χ0n) is 16.7. The van der Waals surface area contributed by atoms with E-state index in [0.717, 1.165) is 11.5 Å². The number of aromatic amines is 1. The van der Waals surface area contributed by atoms with Crippen LogP contribution in [0.4, 0.5) is 14.3 Å². The number of rotatable bonds is 6. The van der Waals surface area contributed by atoms with Gasteiger partial charge in [-0.3, -0.25) is 15.1 Å². The minimum absolute atomic E-state index is 0.108. The van der Waals surface area contributed by atoms with Crippen LogP contribution in [0.15, 0.2) is 51.7 Å². The topological polar surface area (TPSA) is 133 Å². The van der Waals surface area contributed by atoms with Crippen LogP contribution in [0.1, 0.15) is 21.7 Å². The molecule has 2 heterocycles. The summed E-state index contributed by atoms with van der Waals surface area (Å²) in [5, 5.41) is 5.42. The van der Waals surface area contributed by atoms with Gasteiger partial charge >= 0.3 is 11.8 Å².